The van der Waals surface area contributed by atoms with Crippen LogP contribution in [0.15, 0.2) is 66.7 Å². The van der Waals surface area contributed by atoms with Gasteiger partial charge < -0.3 is 20.7 Å². The molecular formula is C28H28F3N3O3. The molecule has 0 spiro atoms. The van der Waals surface area contributed by atoms with Crippen molar-refractivity contribution in [1.29, 1.82) is 0 Å². The third-order valence-corrected chi connectivity index (χ3v) is 6.80. The molecule has 194 valence electrons. The number of benzene rings is 3. The fourth-order valence-electron chi connectivity index (χ4n) is 4.73. The molecule has 3 aromatic rings. The van der Waals surface area contributed by atoms with Crippen LogP contribution in [0.4, 0.5) is 22.8 Å². The van der Waals surface area contributed by atoms with Gasteiger partial charge in [0.1, 0.15) is 23.1 Å². The molecule has 0 aliphatic carbocycles. The van der Waals surface area contributed by atoms with E-state index in [1.165, 1.54) is 24.3 Å². The predicted molar refractivity (Wildman–Crippen MR) is 133 cm³/mol. The van der Waals surface area contributed by atoms with Crippen molar-refractivity contribution in [3.63, 3.8) is 0 Å². The first kappa shape index (κ1) is 26.1. The van der Waals surface area contributed by atoms with Crippen LogP contribution < -0.4 is 11.1 Å². The molecule has 1 fully saturated rings. The van der Waals surface area contributed by atoms with Gasteiger partial charge >= 0.3 is 12.1 Å². The second-order valence-electron chi connectivity index (χ2n) is 9.13. The van der Waals surface area contributed by atoms with Crippen molar-refractivity contribution in [2.45, 2.75) is 37.8 Å². The second-order valence-corrected chi connectivity index (χ2v) is 9.13. The molecule has 0 unspecified atom stereocenters. The number of halogens is 3. The van der Waals surface area contributed by atoms with Crippen LogP contribution in [0.1, 0.15) is 43.4 Å². The lowest BCUT2D eigenvalue weighted by Gasteiger charge is -2.43. The third-order valence-electron chi connectivity index (χ3n) is 6.80. The molecule has 1 heterocycles. The number of ether oxygens (including phenoxy) is 1. The molecule has 1 saturated heterocycles. The lowest BCUT2D eigenvalue weighted by atomic mass is 9.84. The van der Waals surface area contributed by atoms with E-state index in [9.17, 15) is 22.8 Å². The van der Waals surface area contributed by atoms with E-state index in [1.807, 2.05) is 6.92 Å². The first-order valence-corrected chi connectivity index (χ1v) is 12.0. The van der Waals surface area contributed by atoms with E-state index in [4.69, 9.17) is 10.5 Å². The fraction of sp³-hybridized carbons (Fsp3) is 0.286. The number of carbonyl (C=O) groups excluding carboxylic acids is 2. The molecule has 0 bridgehead atoms. The van der Waals surface area contributed by atoms with Gasteiger partial charge in [-0.15, -0.1) is 0 Å². The van der Waals surface area contributed by atoms with E-state index in [-0.39, 0.29) is 11.6 Å². The molecule has 1 aliphatic heterocycles. The number of nitrogens with one attached hydrogen (secondary N) is 1. The molecule has 1 aliphatic rings. The maximum atomic E-state index is 14.2. The summed E-state index contributed by atoms with van der Waals surface area (Å²) in [5.41, 5.74) is 6.55. The molecule has 6 nitrogen and oxygen atoms in total. The van der Waals surface area contributed by atoms with Crippen LogP contribution in [-0.4, -0.2) is 30.1 Å². The van der Waals surface area contributed by atoms with Crippen LogP contribution in [0.3, 0.4) is 0 Å². The Morgan fingerprint density at radius 3 is 2.35 bits per heavy atom. The number of urea groups is 1. The Morgan fingerprint density at radius 1 is 1.05 bits per heavy atom. The van der Waals surface area contributed by atoms with Crippen LogP contribution in [0.25, 0.3) is 11.1 Å². The van der Waals surface area contributed by atoms with Gasteiger partial charge in [0.25, 0.3) is 0 Å². The number of nitrogens with two attached hydrogens (primary N) is 1. The quantitative estimate of drug-likeness (QED) is 0.363. The average molecular weight is 512 g/mol. The minimum absolute atomic E-state index is 0.285. The van der Waals surface area contributed by atoms with Gasteiger partial charge in [0.2, 0.25) is 0 Å². The highest BCUT2D eigenvalue weighted by Gasteiger charge is 2.43. The van der Waals surface area contributed by atoms with E-state index in [2.05, 4.69) is 5.32 Å². The first-order valence-electron chi connectivity index (χ1n) is 12.0. The van der Waals surface area contributed by atoms with Crippen molar-refractivity contribution in [3.8, 4) is 11.1 Å². The summed E-state index contributed by atoms with van der Waals surface area (Å²) in [7, 11) is 0. The topological polar surface area (TPSA) is 84.7 Å². The van der Waals surface area contributed by atoms with E-state index in [0.717, 1.165) is 11.6 Å². The molecule has 0 aromatic heterocycles. The zero-order valence-electron chi connectivity index (χ0n) is 20.3. The van der Waals surface area contributed by atoms with E-state index < -0.39 is 35.2 Å². The summed E-state index contributed by atoms with van der Waals surface area (Å²) in [6.45, 7) is 2.57. The van der Waals surface area contributed by atoms with Gasteiger partial charge in [-0.05, 0) is 60.7 Å². The van der Waals surface area contributed by atoms with Crippen molar-refractivity contribution in [2.75, 3.05) is 13.1 Å². The number of cyclic esters (lactones) is 1. The average Bonchev–Trinajstić information content (AvgIpc) is 2.87. The maximum Gasteiger partial charge on any atom is 0.411 e. The lowest BCUT2D eigenvalue weighted by Crippen LogP contribution is -2.49. The normalized spacial score (nSPS) is 18.3. The Balaban J connectivity index is 1.50. The van der Waals surface area contributed by atoms with Crippen LogP contribution in [0, 0.1) is 17.5 Å². The van der Waals surface area contributed by atoms with E-state index in [0.29, 0.717) is 43.5 Å². The molecule has 0 saturated carbocycles. The molecular weight excluding hydrogens is 483 g/mol. The van der Waals surface area contributed by atoms with Crippen LogP contribution in [0.2, 0.25) is 0 Å². The van der Waals surface area contributed by atoms with E-state index in [1.54, 1.807) is 41.3 Å². The molecule has 3 aromatic carbocycles. The highest BCUT2D eigenvalue weighted by atomic mass is 19.1. The lowest BCUT2D eigenvalue weighted by molar-refractivity contribution is -0.0663. The zero-order chi connectivity index (χ0) is 26.6. The van der Waals surface area contributed by atoms with Crippen LogP contribution >= 0.6 is 0 Å². The molecule has 9 heteroatoms. The molecule has 3 N–H and O–H groups in total. The van der Waals surface area contributed by atoms with Crippen molar-refractivity contribution in [2.24, 2.45) is 5.73 Å². The van der Waals surface area contributed by atoms with Gasteiger partial charge in [-0.2, -0.15) is 0 Å². The van der Waals surface area contributed by atoms with Crippen molar-refractivity contribution in [1.82, 2.24) is 10.2 Å². The summed E-state index contributed by atoms with van der Waals surface area (Å²) >= 11 is 0. The summed E-state index contributed by atoms with van der Waals surface area (Å²) in [6.07, 6.45) is 0.874. The number of hydrogen-bond acceptors (Lipinski definition) is 3. The van der Waals surface area contributed by atoms with Gasteiger partial charge in [-0.1, -0.05) is 36.4 Å². The summed E-state index contributed by atoms with van der Waals surface area (Å²) in [4.78, 5) is 25.9. The number of hydrogen-bond donors (Lipinski definition) is 2. The summed E-state index contributed by atoms with van der Waals surface area (Å²) in [5.74, 6) is -1.69. The van der Waals surface area contributed by atoms with Gasteiger partial charge in [0.15, 0.2) is 0 Å². The number of primary amides is 1. The standard InChI is InChI=1S/C28H28F3N3O3/c1-18(19-3-5-20(6-4-19)24-12-11-23(30)17-25(24)31)34-16-14-28(37-27(34)36,13-2-15-33-26(32)35)21-7-9-22(29)10-8-21/h3-12,17-18H,2,13-16H2,1H3,(H3,32,33,35)/t18-,28-/m0/s1. The molecule has 3 amide bonds. The van der Waals surface area contributed by atoms with E-state index >= 15 is 0 Å². The highest BCUT2D eigenvalue weighted by molar-refractivity contribution is 5.71. The fourth-order valence-corrected chi connectivity index (χ4v) is 4.73. The minimum Gasteiger partial charge on any atom is -0.438 e. The van der Waals surface area contributed by atoms with Gasteiger partial charge in [-0.25, -0.2) is 22.8 Å². The van der Waals surface area contributed by atoms with Gasteiger partial charge in [0, 0.05) is 31.1 Å². The Morgan fingerprint density at radius 2 is 1.73 bits per heavy atom. The Kier molecular flexibility index (Phi) is 7.71. The van der Waals surface area contributed by atoms with Crippen molar-refractivity contribution < 1.29 is 27.5 Å². The summed E-state index contributed by atoms with van der Waals surface area (Å²) in [6, 6.07) is 15.4. The monoisotopic (exact) mass is 511 g/mol. The number of nitrogens with zero attached hydrogens (tertiary/aromatic N) is 1. The Bertz CT molecular complexity index is 1270. The predicted octanol–water partition coefficient (Wildman–Crippen LogP) is 6.02. The largest absolute Gasteiger partial charge is 0.438 e. The molecule has 0 radical (unpaired) electrons. The number of rotatable bonds is 8. The van der Waals surface area contributed by atoms with Gasteiger partial charge in [0.05, 0.1) is 6.04 Å². The minimum atomic E-state index is -0.968. The zero-order valence-corrected chi connectivity index (χ0v) is 20.3. The summed E-state index contributed by atoms with van der Waals surface area (Å²) < 4.78 is 47.0. The van der Waals surface area contributed by atoms with Crippen molar-refractivity contribution in [3.05, 3.63) is 95.3 Å². The number of carbonyl (C=O) groups is 2. The van der Waals surface area contributed by atoms with Crippen LogP contribution in [-0.2, 0) is 10.3 Å². The Labute approximate surface area is 213 Å². The maximum absolute atomic E-state index is 14.2. The van der Waals surface area contributed by atoms with Gasteiger partial charge in [-0.3, -0.25) is 0 Å². The van der Waals surface area contributed by atoms with Crippen molar-refractivity contribution >= 4 is 12.1 Å². The first-order chi connectivity index (χ1) is 17.7. The Hall–Kier alpha value is -4.01. The third kappa shape index (κ3) is 5.87. The van der Waals surface area contributed by atoms with Crippen LogP contribution in [0.5, 0.6) is 0 Å². The second kappa shape index (κ2) is 10.9. The highest BCUT2D eigenvalue weighted by Crippen LogP contribution is 2.40. The summed E-state index contributed by atoms with van der Waals surface area (Å²) in [5, 5.41) is 2.53. The molecule has 4 rings (SSSR count). The molecule has 2 atom stereocenters. The number of amides is 3. The smallest absolute Gasteiger partial charge is 0.411 e. The molecule has 37 heavy (non-hydrogen) atoms. The SMILES string of the molecule is C[C@@H](c1ccc(-c2ccc(F)cc2F)cc1)N1CC[C@@](CCCNC(N)=O)(c2ccc(F)cc2)OC1=O.